The lowest BCUT2D eigenvalue weighted by Gasteiger charge is -2.31. The Bertz CT molecular complexity index is 1820. The molecule has 5 aromatic rings. The Kier molecular flexibility index (Phi) is 6.41. The number of benzene rings is 2. The third-order valence-electron chi connectivity index (χ3n) is 8.06. The first kappa shape index (κ1) is 26.5. The van der Waals surface area contributed by atoms with Gasteiger partial charge in [0.15, 0.2) is 17.2 Å². The van der Waals surface area contributed by atoms with Gasteiger partial charge >= 0.3 is 5.97 Å². The molecule has 2 aliphatic heterocycles. The van der Waals surface area contributed by atoms with Crippen LogP contribution in [0.5, 0.6) is 6.01 Å². The van der Waals surface area contributed by atoms with Crippen LogP contribution < -0.4 is 9.64 Å². The van der Waals surface area contributed by atoms with Crippen LogP contribution >= 0.6 is 0 Å². The molecule has 1 N–H and O–H groups in total. The van der Waals surface area contributed by atoms with Crippen molar-refractivity contribution in [1.29, 1.82) is 0 Å². The predicted octanol–water partition coefficient (Wildman–Crippen LogP) is 5.51. The maximum Gasteiger partial charge on any atom is 0.326 e. The molecule has 7 rings (SSSR count). The maximum atomic E-state index is 15.1. The molecule has 2 aliphatic rings. The highest BCUT2D eigenvalue weighted by Gasteiger charge is 2.42. The van der Waals surface area contributed by atoms with Gasteiger partial charge in [0.2, 0.25) is 0 Å². The summed E-state index contributed by atoms with van der Waals surface area (Å²) < 4.78 is 62.6. The molecule has 218 valence electrons. The number of aliphatic carboxylic acids is 1. The summed E-state index contributed by atoms with van der Waals surface area (Å²) in [6.07, 6.45) is -3.10. The molecule has 13 heteroatoms. The lowest BCUT2D eigenvalue weighted by atomic mass is 9.97. The van der Waals surface area contributed by atoms with E-state index < -0.39 is 36.2 Å². The van der Waals surface area contributed by atoms with Crippen molar-refractivity contribution < 1.29 is 37.0 Å². The van der Waals surface area contributed by atoms with Gasteiger partial charge in [-0.1, -0.05) is 25.1 Å². The molecule has 0 amide bonds. The van der Waals surface area contributed by atoms with Gasteiger partial charge in [-0.05, 0) is 30.7 Å². The number of nitrogens with zero attached hydrogens (tertiary/aromatic N) is 5. The van der Waals surface area contributed by atoms with Crippen LogP contribution in [0.4, 0.5) is 19.0 Å². The topological polar surface area (TPSA) is 116 Å². The van der Waals surface area contributed by atoms with Gasteiger partial charge in [0.1, 0.15) is 34.6 Å². The number of rotatable bonds is 6. The number of hydrogen-bond donors (Lipinski definition) is 1. The van der Waals surface area contributed by atoms with Crippen LogP contribution in [-0.2, 0) is 9.53 Å². The molecule has 0 spiro atoms. The molecule has 2 saturated heterocycles. The Morgan fingerprint density at radius 3 is 2.76 bits per heavy atom. The van der Waals surface area contributed by atoms with Crippen molar-refractivity contribution in [2.24, 2.45) is 5.92 Å². The van der Waals surface area contributed by atoms with Gasteiger partial charge in [0.25, 0.3) is 12.4 Å². The molecule has 0 radical (unpaired) electrons. The summed E-state index contributed by atoms with van der Waals surface area (Å²) in [4.78, 5) is 26.5. The summed E-state index contributed by atoms with van der Waals surface area (Å²) in [7, 11) is 0. The lowest BCUT2D eigenvalue weighted by molar-refractivity contribution is -0.138. The molecular formula is C29H26F3N5O5. The number of anilines is 1. The zero-order valence-corrected chi connectivity index (χ0v) is 22.4. The van der Waals surface area contributed by atoms with Crippen molar-refractivity contribution >= 4 is 44.9 Å². The third-order valence-corrected chi connectivity index (χ3v) is 8.06. The number of fused-ring (bicyclic) bond motifs is 4. The zero-order valence-electron chi connectivity index (χ0n) is 22.4. The molecule has 0 unspecified atom stereocenters. The fraction of sp³-hybridized carbons (Fsp3) is 0.379. The van der Waals surface area contributed by atoms with Gasteiger partial charge in [-0.25, -0.2) is 27.9 Å². The molecule has 0 bridgehead atoms. The second-order valence-corrected chi connectivity index (χ2v) is 10.7. The highest BCUT2D eigenvalue weighted by Crippen LogP contribution is 2.40. The van der Waals surface area contributed by atoms with Gasteiger partial charge in [-0.15, -0.1) is 0 Å². The second-order valence-electron chi connectivity index (χ2n) is 10.7. The molecular weight excluding hydrogens is 555 g/mol. The van der Waals surface area contributed by atoms with Gasteiger partial charge < -0.3 is 23.9 Å². The summed E-state index contributed by atoms with van der Waals surface area (Å²) in [5.74, 6) is -2.37. The van der Waals surface area contributed by atoms with Crippen LogP contribution in [-0.4, -0.2) is 62.5 Å². The van der Waals surface area contributed by atoms with Crippen LogP contribution in [0.3, 0.4) is 0 Å². The normalized spacial score (nSPS) is 23.0. The van der Waals surface area contributed by atoms with E-state index in [-0.39, 0.29) is 47.9 Å². The summed E-state index contributed by atoms with van der Waals surface area (Å²) in [6, 6.07) is 10.3. The van der Waals surface area contributed by atoms with Crippen molar-refractivity contribution in [1.82, 2.24) is 19.5 Å². The van der Waals surface area contributed by atoms with E-state index in [0.29, 0.717) is 41.6 Å². The van der Waals surface area contributed by atoms with E-state index in [0.717, 1.165) is 0 Å². The number of alkyl halides is 2. The highest BCUT2D eigenvalue weighted by atomic mass is 19.3. The van der Waals surface area contributed by atoms with Gasteiger partial charge in [-0.2, -0.15) is 4.98 Å². The Morgan fingerprint density at radius 2 is 1.98 bits per heavy atom. The fourth-order valence-electron chi connectivity index (χ4n) is 6.11. The average Bonchev–Trinajstić information content (AvgIpc) is 3.67. The molecule has 2 aromatic carbocycles. The van der Waals surface area contributed by atoms with Crippen molar-refractivity contribution in [2.45, 2.75) is 44.4 Å². The molecule has 10 nitrogen and oxygen atoms in total. The Balaban J connectivity index is 1.30. The van der Waals surface area contributed by atoms with Crippen LogP contribution in [0, 0.1) is 11.7 Å². The first-order valence-corrected chi connectivity index (χ1v) is 13.7. The second kappa shape index (κ2) is 10.2. The first-order chi connectivity index (χ1) is 20.3. The predicted molar refractivity (Wildman–Crippen MR) is 145 cm³/mol. The number of imidazole rings is 1. The zero-order chi connectivity index (χ0) is 29.1. The summed E-state index contributed by atoms with van der Waals surface area (Å²) >= 11 is 0. The lowest BCUT2D eigenvalue weighted by Crippen LogP contribution is -2.37. The molecule has 2 fully saturated rings. The van der Waals surface area contributed by atoms with E-state index in [1.807, 2.05) is 6.92 Å². The first-order valence-electron chi connectivity index (χ1n) is 13.7. The van der Waals surface area contributed by atoms with Gasteiger partial charge in [0.05, 0.1) is 18.7 Å². The van der Waals surface area contributed by atoms with Crippen LogP contribution in [0.2, 0.25) is 0 Å². The number of carboxylic acids is 1. The minimum atomic E-state index is -2.99. The molecule has 0 saturated carbocycles. The number of aromatic nitrogens is 4. The number of hydrogen-bond acceptors (Lipinski definition) is 8. The van der Waals surface area contributed by atoms with Crippen molar-refractivity contribution in [3.8, 4) is 6.01 Å². The number of carbonyl (C=O) groups is 1. The van der Waals surface area contributed by atoms with E-state index in [1.165, 1.54) is 11.0 Å². The molecule has 5 heterocycles. The molecule has 4 atom stereocenters. The molecule has 0 aliphatic carbocycles. The Hall–Kier alpha value is -4.39. The summed E-state index contributed by atoms with van der Waals surface area (Å²) in [5, 5.41) is 10.7. The van der Waals surface area contributed by atoms with Crippen molar-refractivity contribution in [3.63, 3.8) is 0 Å². The number of halogens is 3. The van der Waals surface area contributed by atoms with E-state index >= 15 is 4.39 Å². The monoisotopic (exact) mass is 581 g/mol. The fourth-order valence-corrected chi connectivity index (χ4v) is 6.11. The summed E-state index contributed by atoms with van der Waals surface area (Å²) in [6.45, 7) is 2.98. The van der Waals surface area contributed by atoms with E-state index in [9.17, 15) is 18.7 Å². The minimum Gasteiger partial charge on any atom is -0.480 e. The van der Waals surface area contributed by atoms with E-state index in [4.69, 9.17) is 13.9 Å². The smallest absolute Gasteiger partial charge is 0.326 e. The molecule has 3 aromatic heterocycles. The number of para-hydroxylation sites is 2. The van der Waals surface area contributed by atoms with Crippen LogP contribution in [0.15, 0.2) is 46.9 Å². The van der Waals surface area contributed by atoms with Crippen molar-refractivity contribution in [2.75, 3.05) is 24.7 Å². The standard InChI is InChI=1S/C29H26F3N5O5/c1-14-13-40-10-9-19(14)37-23-17(30)6-4-7-18(23)33-29(37)41-15-11-20(28(38)39)36(12-15)27-24-22(34-26(35-27)25(31)32)16-5-2-3-8-21(16)42-24/h2-8,14-15,19-20,25H,9-13H2,1H3,(H,38,39)/t14-,15+,19-,20+/m1/s1. The Morgan fingerprint density at radius 1 is 1.14 bits per heavy atom. The number of ether oxygens (including phenoxy) is 2. The number of furan rings is 1. The SMILES string of the molecule is C[C@@H]1COCC[C@H]1n1c(O[C@H]2C[C@@H](C(=O)O)N(c3nc(C(F)F)nc4c3oc3ccccc34)C2)nc2cccc(F)c21. The highest BCUT2D eigenvalue weighted by molar-refractivity contribution is 6.06. The Labute approximate surface area is 236 Å². The minimum absolute atomic E-state index is 0.0000879. The van der Waals surface area contributed by atoms with Gasteiger partial charge in [0, 0.05) is 30.4 Å². The summed E-state index contributed by atoms with van der Waals surface area (Å²) in [5.41, 5.74) is 1.41. The van der Waals surface area contributed by atoms with Crippen LogP contribution in [0.1, 0.15) is 38.1 Å². The average molecular weight is 582 g/mol. The number of carboxylic acid groups (broad SMARTS) is 1. The van der Waals surface area contributed by atoms with Crippen LogP contribution in [0.25, 0.3) is 33.1 Å². The van der Waals surface area contributed by atoms with Crippen molar-refractivity contribution in [3.05, 3.63) is 54.1 Å². The van der Waals surface area contributed by atoms with Gasteiger partial charge in [-0.3, -0.25) is 4.57 Å². The maximum absolute atomic E-state index is 15.1. The quantitative estimate of drug-likeness (QED) is 0.277. The molecule has 42 heavy (non-hydrogen) atoms. The largest absolute Gasteiger partial charge is 0.480 e. The third kappa shape index (κ3) is 4.30. The van der Waals surface area contributed by atoms with E-state index in [1.54, 1.807) is 41.0 Å². The van der Waals surface area contributed by atoms with E-state index in [2.05, 4.69) is 15.0 Å².